The van der Waals surface area contributed by atoms with Crippen LogP contribution in [0.15, 0.2) is 18.3 Å². The van der Waals surface area contributed by atoms with Gasteiger partial charge in [0.1, 0.15) is 0 Å². The van der Waals surface area contributed by atoms with Crippen molar-refractivity contribution in [3.63, 3.8) is 0 Å². The van der Waals surface area contributed by atoms with Gasteiger partial charge in [0.2, 0.25) is 5.88 Å². The molecule has 1 aliphatic heterocycles. The molecule has 0 saturated carbocycles. The Labute approximate surface area is 126 Å². The van der Waals surface area contributed by atoms with Crippen LogP contribution in [0, 0.1) is 5.92 Å². The van der Waals surface area contributed by atoms with Gasteiger partial charge in [0, 0.05) is 31.4 Å². The van der Waals surface area contributed by atoms with Gasteiger partial charge in [0.05, 0.1) is 6.61 Å². The van der Waals surface area contributed by atoms with Crippen molar-refractivity contribution in [1.29, 1.82) is 0 Å². The monoisotopic (exact) mass is 313 g/mol. The first kappa shape index (κ1) is 16.2. The average molecular weight is 313 g/mol. The quantitative estimate of drug-likeness (QED) is 0.865. The molecule has 0 unspecified atom stereocenters. The van der Waals surface area contributed by atoms with Crippen molar-refractivity contribution in [2.45, 2.75) is 33.2 Å². The molecule has 6 nitrogen and oxygen atoms in total. The Kier molecular flexibility index (Phi) is 5.55. The number of rotatable bonds is 6. The minimum atomic E-state index is -3.45. The van der Waals surface area contributed by atoms with E-state index in [0.29, 0.717) is 31.5 Å². The second kappa shape index (κ2) is 7.20. The molecule has 1 aromatic rings. The Balaban J connectivity index is 2.01. The summed E-state index contributed by atoms with van der Waals surface area (Å²) in [7, 11) is -3.45. The van der Waals surface area contributed by atoms with Crippen LogP contribution in [0.5, 0.6) is 5.88 Å². The first-order valence-corrected chi connectivity index (χ1v) is 8.78. The Bertz CT molecular complexity index is 562. The van der Waals surface area contributed by atoms with Crippen molar-refractivity contribution in [2.75, 3.05) is 19.7 Å². The van der Waals surface area contributed by atoms with Crippen LogP contribution in [0.2, 0.25) is 0 Å². The summed E-state index contributed by atoms with van der Waals surface area (Å²) < 4.78 is 34.2. The molecular formula is C14H23N3O3S. The van der Waals surface area contributed by atoms with Gasteiger partial charge in [0.15, 0.2) is 0 Å². The molecule has 0 radical (unpaired) electrons. The number of hydrogen-bond acceptors (Lipinski definition) is 4. The van der Waals surface area contributed by atoms with Crippen molar-refractivity contribution >= 4 is 10.2 Å². The van der Waals surface area contributed by atoms with Gasteiger partial charge in [-0.2, -0.15) is 17.4 Å². The van der Waals surface area contributed by atoms with Crippen molar-refractivity contribution < 1.29 is 13.2 Å². The lowest BCUT2D eigenvalue weighted by Crippen LogP contribution is -2.45. The van der Waals surface area contributed by atoms with Gasteiger partial charge >= 0.3 is 0 Å². The molecule has 1 saturated heterocycles. The molecule has 0 spiro atoms. The van der Waals surface area contributed by atoms with Crippen LogP contribution in [0.3, 0.4) is 0 Å². The molecule has 1 aliphatic rings. The molecule has 118 valence electrons. The summed E-state index contributed by atoms with van der Waals surface area (Å²) in [5.41, 5.74) is 0.744. The van der Waals surface area contributed by atoms with Crippen LogP contribution in [0.4, 0.5) is 0 Å². The summed E-state index contributed by atoms with van der Waals surface area (Å²) in [6.45, 7) is 5.82. The van der Waals surface area contributed by atoms with Crippen LogP contribution in [0.1, 0.15) is 32.3 Å². The van der Waals surface area contributed by atoms with Crippen molar-refractivity contribution in [1.82, 2.24) is 14.0 Å². The molecule has 0 amide bonds. The molecule has 1 aromatic heterocycles. The van der Waals surface area contributed by atoms with Gasteiger partial charge in [-0.3, -0.25) is 0 Å². The standard InChI is InChI=1S/C14H23N3O3S/c1-3-20-14-13(7-4-8-15-14)10-16-21(18,19)17-9-5-6-12(2)11-17/h4,7-8,12,16H,3,5-6,9-11H2,1-2H3/t12-/m1/s1. The maximum atomic E-state index is 12.3. The van der Waals surface area contributed by atoms with E-state index in [9.17, 15) is 8.42 Å². The molecule has 0 bridgehead atoms. The highest BCUT2D eigenvalue weighted by Gasteiger charge is 2.26. The maximum Gasteiger partial charge on any atom is 0.279 e. The average Bonchev–Trinajstić information content (AvgIpc) is 2.47. The largest absolute Gasteiger partial charge is 0.478 e. The Morgan fingerprint density at radius 3 is 3.05 bits per heavy atom. The third kappa shape index (κ3) is 4.39. The fourth-order valence-corrected chi connectivity index (χ4v) is 3.79. The molecule has 1 fully saturated rings. The Morgan fingerprint density at radius 1 is 1.52 bits per heavy atom. The highest BCUT2D eigenvalue weighted by molar-refractivity contribution is 7.87. The van der Waals surface area contributed by atoms with Crippen LogP contribution < -0.4 is 9.46 Å². The molecular weight excluding hydrogens is 290 g/mol. The fourth-order valence-electron chi connectivity index (χ4n) is 2.45. The molecule has 2 heterocycles. The lowest BCUT2D eigenvalue weighted by atomic mass is 10.0. The van der Waals surface area contributed by atoms with Crippen LogP contribution in [-0.4, -0.2) is 37.4 Å². The lowest BCUT2D eigenvalue weighted by Gasteiger charge is -2.30. The van der Waals surface area contributed by atoms with E-state index in [2.05, 4.69) is 16.6 Å². The van der Waals surface area contributed by atoms with Gasteiger partial charge in [-0.1, -0.05) is 13.0 Å². The van der Waals surface area contributed by atoms with Gasteiger partial charge in [0.25, 0.3) is 10.2 Å². The zero-order valence-electron chi connectivity index (χ0n) is 12.6. The number of ether oxygens (including phenoxy) is 1. The molecule has 0 aliphatic carbocycles. The van der Waals surface area contributed by atoms with Gasteiger partial charge in [-0.25, -0.2) is 4.98 Å². The number of nitrogens with one attached hydrogen (secondary N) is 1. The van der Waals surface area contributed by atoms with Gasteiger partial charge < -0.3 is 4.74 Å². The highest BCUT2D eigenvalue weighted by Crippen LogP contribution is 2.19. The van der Waals surface area contributed by atoms with Gasteiger partial charge in [-0.05, 0) is 31.7 Å². The normalized spacial score (nSPS) is 20.4. The molecule has 1 N–H and O–H groups in total. The van der Waals surface area contributed by atoms with E-state index in [1.54, 1.807) is 12.3 Å². The second-order valence-corrected chi connectivity index (χ2v) is 7.09. The molecule has 2 rings (SSSR count). The number of pyridine rings is 1. The summed E-state index contributed by atoms with van der Waals surface area (Å²) in [5, 5.41) is 0. The third-order valence-electron chi connectivity index (χ3n) is 3.54. The predicted octanol–water partition coefficient (Wildman–Crippen LogP) is 1.55. The fraction of sp³-hybridized carbons (Fsp3) is 0.643. The minimum absolute atomic E-state index is 0.191. The zero-order valence-corrected chi connectivity index (χ0v) is 13.4. The topological polar surface area (TPSA) is 71.5 Å². The molecule has 1 atom stereocenters. The van der Waals surface area contributed by atoms with Crippen LogP contribution in [0.25, 0.3) is 0 Å². The van der Waals surface area contributed by atoms with Crippen molar-refractivity contribution in [3.8, 4) is 5.88 Å². The third-order valence-corrected chi connectivity index (χ3v) is 5.06. The highest BCUT2D eigenvalue weighted by atomic mass is 32.2. The first-order chi connectivity index (χ1) is 10.0. The minimum Gasteiger partial charge on any atom is -0.478 e. The summed E-state index contributed by atoms with van der Waals surface area (Å²) in [6, 6.07) is 3.59. The summed E-state index contributed by atoms with van der Waals surface area (Å²) >= 11 is 0. The summed E-state index contributed by atoms with van der Waals surface area (Å²) in [5.74, 6) is 0.891. The van der Waals surface area contributed by atoms with Crippen LogP contribution in [-0.2, 0) is 16.8 Å². The zero-order chi connectivity index (χ0) is 15.3. The van der Waals surface area contributed by atoms with E-state index in [0.717, 1.165) is 18.4 Å². The van der Waals surface area contributed by atoms with Crippen LogP contribution >= 0.6 is 0 Å². The molecule has 21 heavy (non-hydrogen) atoms. The molecule has 0 aromatic carbocycles. The SMILES string of the molecule is CCOc1ncccc1CNS(=O)(=O)N1CCC[C@@H](C)C1. The predicted molar refractivity (Wildman–Crippen MR) is 81.1 cm³/mol. The number of piperidine rings is 1. The maximum absolute atomic E-state index is 12.3. The van der Waals surface area contributed by atoms with E-state index in [1.807, 2.05) is 13.0 Å². The van der Waals surface area contributed by atoms with Gasteiger partial charge in [-0.15, -0.1) is 0 Å². The van der Waals surface area contributed by atoms with E-state index in [4.69, 9.17) is 4.74 Å². The lowest BCUT2D eigenvalue weighted by molar-refractivity contribution is 0.278. The van der Waals surface area contributed by atoms with E-state index in [1.165, 1.54) is 4.31 Å². The summed E-state index contributed by atoms with van der Waals surface area (Å²) in [6.07, 6.45) is 3.64. The second-order valence-electron chi connectivity index (χ2n) is 5.33. The Hall–Kier alpha value is -1.18. The number of hydrogen-bond donors (Lipinski definition) is 1. The molecule has 7 heteroatoms. The van der Waals surface area contributed by atoms with Crippen molar-refractivity contribution in [3.05, 3.63) is 23.9 Å². The Morgan fingerprint density at radius 2 is 2.33 bits per heavy atom. The first-order valence-electron chi connectivity index (χ1n) is 7.34. The smallest absolute Gasteiger partial charge is 0.279 e. The van der Waals surface area contributed by atoms with E-state index in [-0.39, 0.29) is 6.54 Å². The number of aromatic nitrogens is 1. The van der Waals surface area contributed by atoms with Crippen molar-refractivity contribution in [2.24, 2.45) is 5.92 Å². The number of nitrogens with zero attached hydrogens (tertiary/aromatic N) is 2. The van der Waals surface area contributed by atoms with E-state index >= 15 is 0 Å². The van der Waals surface area contributed by atoms with E-state index < -0.39 is 10.2 Å². The summed E-state index contributed by atoms with van der Waals surface area (Å²) in [4.78, 5) is 4.12.